The highest BCUT2D eigenvalue weighted by Crippen LogP contribution is 2.43. The lowest BCUT2D eigenvalue weighted by atomic mass is 9.85. The summed E-state index contributed by atoms with van der Waals surface area (Å²) in [5.41, 5.74) is 12.0. The average molecular weight is 267 g/mol. The topological polar surface area (TPSA) is 42.1 Å². The molecule has 0 bridgehead atoms. The molecule has 0 radical (unpaired) electrons. The maximum Gasteiger partial charge on any atom is 0.0452 e. The molecule has 2 heterocycles. The van der Waals surface area contributed by atoms with Gasteiger partial charge in [0.1, 0.15) is 0 Å². The van der Waals surface area contributed by atoms with Crippen LogP contribution in [0.2, 0.25) is 0 Å². The summed E-state index contributed by atoms with van der Waals surface area (Å²) in [4.78, 5) is 6.55. The Bertz CT molecular complexity index is 632. The van der Waals surface area contributed by atoms with Gasteiger partial charge >= 0.3 is 0 Å². The van der Waals surface area contributed by atoms with Gasteiger partial charge in [-0.15, -0.1) is 0 Å². The second-order valence-electron chi connectivity index (χ2n) is 6.19. The monoisotopic (exact) mass is 267 g/mol. The van der Waals surface area contributed by atoms with E-state index in [1.165, 1.54) is 16.9 Å². The zero-order chi connectivity index (χ0) is 14.3. The van der Waals surface area contributed by atoms with E-state index < -0.39 is 0 Å². The van der Waals surface area contributed by atoms with Crippen molar-refractivity contribution < 1.29 is 0 Å². The van der Waals surface area contributed by atoms with Crippen molar-refractivity contribution in [1.29, 1.82) is 0 Å². The van der Waals surface area contributed by atoms with E-state index in [2.05, 4.69) is 54.9 Å². The zero-order valence-corrected chi connectivity index (χ0v) is 12.4. The van der Waals surface area contributed by atoms with E-state index in [1.54, 1.807) is 0 Å². The van der Waals surface area contributed by atoms with E-state index in [9.17, 15) is 0 Å². The lowest BCUT2D eigenvalue weighted by molar-refractivity contribution is 0.447. The summed E-state index contributed by atoms with van der Waals surface area (Å²) in [7, 11) is 0. The summed E-state index contributed by atoms with van der Waals surface area (Å²) < 4.78 is 0. The number of pyridine rings is 1. The van der Waals surface area contributed by atoms with Crippen LogP contribution in [0.4, 0.5) is 17.1 Å². The van der Waals surface area contributed by atoms with Crippen LogP contribution < -0.4 is 10.6 Å². The summed E-state index contributed by atoms with van der Waals surface area (Å²) in [6.07, 6.45) is 5.90. The Hall–Kier alpha value is -2.03. The van der Waals surface area contributed by atoms with Gasteiger partial charge in [-0.05, 0) is 69.0 Å². The zero-order valence-electron chi connectivity index (χ0n) is 12.4. The van der Waals surface area contributed by atoms with E-state index in [4.69, 9.17) is 5.73 Å². The first-order chi connectivity index (χ1) is 9.49. The lowest BCUT2D eigenvalue weighted by Gasteiger charge is -2.45. The average Bonchev–Trinajstić information content (AvgIpc) is 2.41. The lowest BCUT2D eigenvalue weighted by Crippen LogP contribution is -2.44. The summed E-state index contributed by atoms with van der Waals surface area (Å²) in [6, 6.07) is 8.49. The summed E-state index contributed by atoms with van der Waals surface area (Å²) in [5.74, 6) is 0. The van der Waals surface area contributed by atoms with Crippen molar-refractivity contribution in [3.8, 4) is 0 Å². The molecule has 0 fully saturated rings. The molecular formula is C17H21N3. The van der Waals surface area contributed by atoms with Gasteiger partial charge in [0.05, 0.1) is 0 Å². The van der Waals surface area contributed by atoms with Crippen molar-refractivity contribution in [2.45, 2.75) is 39.2 Å². The minimum absolute atomic E-state index is 0.0942. The van der Waals surface area contributed by atoms with Gasteiger partial charge in [0, 0.05) is 35.0 Å². The first-order valence-corrected chi connectivity index (χ1v) is 7.08. The van der Waals surface area contributed by atoms with E-state index in [-0.39, 0.29) is 5.54 Å². The Balaban J connectivity index is 2.19. The number of rotatable bonds is 1. The molecule has 20 heavy (non-hydrogen) atoms. The highest BCUT2D eigenvalue weighted by molar-refractivity contribution is 5.73. The molecule has 0 spiro atoms. The molecule has 1 aliphatic heterocycles. The maximum atomic E-state index is 6.07. The normalized spacial score (nSPS) is 16.9. The van der Waals surface area contributed by atoms with Crippen molar-refractivity contribution in [1.82, 2.24) is 4.98 Å². The molecule has 1 aromatic heterocycles. The molecule has 2 aromatic rings. The molecule has 2 N–H and O–H groups in total. The number of aromatic nitrogens is 1. The van der Waals surface area contributed by atoms with Crippen LogP contribution in [-0.4, -0.2) is 10.5 Å². The number of hydrogen-bond acceptors (Lipinski definition) is 3. The second kappa shape index (κ2) is 4.51. The molecule has 1 aromatic carbocycles. The summed E-state index contributed by atoms with van der Waals surface area (Å²) >= 11 is 0. The number of hydrogen-bond donors (Lipinski definition) is 1. The second-order valence-corrected chi connectivity index (χ2v) is 6.19. The fourth-order valence-corrected chi connectivity index (χ4v) is 3.03. The Labute approximate surface area is 120 Å². The number of nitrogen functional groups attached to an aromatic ring is 1. The highest BCUT2D eigenvalue weighted by atomic mass is 15.2. The SMILES string of the molecule is Cc1cc2c(cc1N)CCC(C)(C)N2c1ccncc1. The number of fused-ring (bicyclic) bond motifs is 1. The van der Waals surface area contributed by atoms with Crippen LogP contribution in [-0.2, 0) is 6.42 Å². The van der Waals surface area contributed by atoms with Crippen molar-refractivity contribution in [2.75, 3.05) is 10.6 Å². The molecule has 0 saturated heterocycles. The van der Waals surface area contributed by atoms with Crippen molar-refractivity contribution in [3.63, 3.8) is 0 Å². The van der Waals surface area contributed by atoms with Crippen LogP contribution in [0.25, 0.3) is 0 Å². The van der Waals surface area contributed by atoms with Gasteiger partial charge < -0.3 is 10.6 Å². The molecular weight excluding hydrogens is 246 g/mol. The van der Waals surface area contributed by atoms with Gasteiger partial charge in [-0.2, -0.15) is 0 Å². The molecule has 104 valence electrons. The molecule has 0 atom stereocenters. The van der Waals surface area contributed by atoms with Crippen LogP contribution in [0.1, 0.15) is 31.4 Å². The Morgan fingerprint density at radius 3 is 2.60 bits per heavy atom. The predicted molar refractivity (Wildman–Crippen MR) is 84.4 cm³/mol. The maximum absolute atomic E-state index is 6.07. The number of nitrogens with two attached hydrogens (primary N) is 1. The standard InChI is InChI=1S/C17H21N3/c1-12-10-16-13(11-15(12)18)4-7-17(2,3)20(16)14-5-8-19-9-6-14/h5-6,8-11H,4,7,18H2,1-3H3. The van der Waals surface area contributed by atoms with Crippen molar-refractivity contribution in [3.05, 3.63) is 47.8 Å². The predicted octanol–water partition coefficient (Wildman–Crippen LogP) is 3.84. The Morgan fingerprint density at radius 1 is 1.20 bits per heavy atom. The van der Waals surface area contributed by atoms with Crippen LogP contribution in [0.15, 0.2) is 36.7 Å². The Kier molecular flexibility index (Phi) is 2.93. The molecule has 3 heteroatoms. The highest BCUT2D eigenvalue weighted by Gasteiger charge is 2.34. The van der Waals surface area contributed by atoms with Crippen LogP contribution in [0.5, 0.6) is 0 Å². The quantitative estimate of drug-likeness (QED) is 0.798. The van der Waals surface area contributed by atoms with Crippen LogP contribution in [0.3, 0.4) is 0 Å². The molecule has 0 aliphatic carbocycles. The van der Waals surface area contributed by atoms with Gasteiger partial charge in [-0.1, -0.05) is 0 Å². The number of nitrogens with zero attached hydrogens (tertiary/aromatic N) is 2. The van der Waals surface area contributed by atoms with E-state index in [0.717, 1.165) is 24.1 Å². The first kappa shape index (κ1) is 13.0. The number of aryl methyl sites for hydroxylation is 2. The molecule has 0 amide bonds. The van der Waals surface area contributed by atoms with E-state index in [1.807, 2.05) is 12.4 Å². The Morgan fingerprint density at radius 2 is 1.90 bits per heavy atom. The molecule has 3 nitrogen and oxygen atoms in total. The third-order valence-electron chi connectivity index (χ3n) is 4.24. The largest absolute Gasteiger partial charge is 0.399 e. The molecule has 1 aliphatic rings. The molecule has 0 unspecified atom stereocenters. The first-order valence-electron chi connectivity index (χ1n) is 7.08. The van der Waals surface area contributed by atoms with Crippen molar-refractivity contribution >= 4 is 17.1 Å². The van der Waals surface area contributed by atoms with Gasteiger partial charge in [0.15, 0.2) is 0 Å². The number of benzene rings is 1. The minimum Gasteiger partial charge on any atom is -0.399 e. The fraction of sp³-hybridized carbons (Fsp3) is 0.353. The van der Waals surface area contributed by atoms with E-state index >= 15 is 0 Å². The van der Waals surface area contributed by atoms with Crippen LogP contribution in [0, 0.1) is 6.92 Å². The van der Waals surface area contributed by atoms with Gasteiger partial charge in [0.25, 0.3) is 0 Å². The molecule has 0 saturated carbocycles. The van der Waals surface area contributed by atoms with Crippen LogP contribution >= 0.6 is 0 Å². The minimum atomic E-state index is 0.0942. The number of anilines is 3. The third-order valence-corrected chi connectivity index (χ3v) is 4.24. The van der Waals surface area contributed by atoms with Gasteiger partial charge in [-0.25, -0.2) is 0 Å². The summed E-state index contributed by atoms with van der Waals surface area (Å²) in [5, 5.41) is 0. The smallest absolute Gasteiger partial charge is 0.0452 e. The summed E-state index contributed by atoms with van der Waals surface area (Å²) in [6.45, 7) is 6.66. The molecule has 3 rings (SSSR count). The van der Waals surface area contributed by atoms with Gasteiger partial charge in [-0.3, -0.25) is 4.98 Å². The van der Waals surface area contributed by atoms with Gasteiger partial charge in [0.2, 0.25) is 0 Å². The third kappa shape index (κ3) is 2.03. The van der Waals surface area contributed by atoms with E-state index in [0.29, 0.717) is 0 Å². The van der Waals surface area contributed by atoms with Crippen molar-refractivity contribution in [2.24, 2.45) is 0 Å². The fourth-order valence-electron chi connectivity index (χ4n) is 3.03.